The molecular weight excluding hydrogens is 214 g/mol. The zero-order valence-corrected chi connectivity index (χ0v) is 11.4. The van der Waals surface area contributed by atoms with Crippen molar-refractivity contribution < 1.29 is 4.74 Å². The summed E-state index contributed by atoms with van der Waals surface area (Å²) in [5, 5.41) is 3.36. The lowest BCUT2D eigenvalue weighted by Gasteiger charge is -2.23. The Kier molecular flexibility index (Phi) is 4.75. The molecule has 0 saturated carbocycles. The van der Waals surface area contributed by atoms with Crippen LogP contribution in [-0.4, -0.2) is 37.8 Å². The van der Waals surface area contributed by atoms with Crippen LogP contribution in [0.1, 0.15) is 20.8 Å². The molecule has 0 aliphatic carbocycles. The van der Waals surface area contributed by atoms with Crippen molar-refractivity contribution in [3.8, 4) is 0 Å². The van der Waals surface area contributed by atoms with Crippen molar-refractivity contribution in [2.45, 2.75) is 26.3 Å². The normalized spacial score (nSPS) is 11.4. The minimum absolute atomic E-state index is 0.0245. The molecule has 4 heteroatoms. The van der Waals surface area contributed by atoms with Gasteiger partial charge in [0.15, 0.2) is 0 Å². The lowest BCUT2D eigenvalue weighted by Crippen LogP contribution is -2.28. The number of rotatable bonds is 5. The molecule has 0 aliphatic rings. The Morgan fingerprint density at radius 1 is 1.35 bits per heavy atom. The van der Waals surface area contributed by atoms with Crippen molar-refractivity contribution in [2.75, 3.05) is 37.5 Å². The lowest BCUT2D eigenvalue weighted by atomic mass is 10.1. The number of nitrogens with one attached hydrogen (secondary N) is 1. The average molecular weight is 237 g/mol. The second kappa shape index (κ2) is 5.87. The first-order valence-corrected chi connectivity index (χ1v) is 5.88. The molecule has 0 amide bonds. The molecule has 0 saturated heterocycles. The maximum absolute atomic E-state index is 5.06. The molecule has 0 aromatic carbocycles. The molecule has 0 unspecified atom stereocenters. The Morgan fingerprint density at radius 2 is 2.06 bits per heavy atom. The smallest absolute Gasteiger partial charge is 0.130 e. The Labute approximate surface area is 104 Å². The molecule has 4 nitrogen and oxygen atoms in total. The van der Waals surface area contributed by atoms with Crippen LogP contribution in [0.25, 0.3) is 0 Å². The highest BCUT2D eigenvalue weighted by Gasteiger charge is 2.11. The monoisotopic (exact) mass is 237 g/mol. The molecule has 0 radical (unpaired) electrons. The Balaban J connectivity index is 2.71. The molecule has 1 heterocycles. The maximum Gasteiger partial charge on any atom is 0.130 e. The van der Waals surface area contributed by atoms with Crippen LogP contribution in [0.2, 0.25) is 0 Å². The van der Waals surface area contributed by atoms with Gasteiger partial charge >= 0.3 is 0 Å². The predicted molar refractivity (Wildman–Crippen MR) is 72.8 cm³/mol. The molecule has 17 heavy (non-hydrogen) atoms. The minimum atomic E-state index is 0.0245. The Hall–Kier alpha value is -1.29. The number of aromatic nitrogens is 1. The third-order valence-electron chi connectivity index (χ3n) is 2.26. The molecule has 0 bridgehead atoms. The van der Waals surface area contributed by atoms with Gasteiger partial charge in [-0.1, -0.05) is 6.07 Å². The van der Waals surface area contributed by atoms with Crippen molar-refractivity contribution in [1.82, 2.24) is 4.98 Å². The van der Waals surface area contributed by atoms with Crippen LogP contribution in [0.5, 0.6) is 0 Å². The van der Waals surface area contributed by atoms with Crippen LogP contribution in [-0.2, 0) is 4.74 Å². The van der Waals surface area contributed by atoms with Crippen LogP contribution in [0.15, 0.2) is 18.2 Å². The Bertz CT molecular complexity index is 347. The van der Waals surface area contributed by atoms with E-state index in [1.165, 1.54) is 0 Å². The third kappa shape index (κ3) is 5.04. The topological polar surface area (TPSA) is 37.4 Å². The van der Waals surface area contributed by atoms with Crippen LogP contribution < -0.4 is 10.2 Å². The number of methoxy groups -OCH3 is 1. The van der Waals surface area contributed by atoms with Gasteiger partial charge in [-0.05, 0) is 32.9 Å². The van der Waals surface area contributed by atoms with Crippen molar-refractivity contribution in [1.29, 1.82) is 0 Å². The van der Waals surface area contributed by atoms with E-state index in [2.05, 4.69) is 36.0 Å². The summed E-state index contributed by atoms with van der Waals surface area (Å²) in [5.74, 6) is 1.86. The molecule has 1 aromatic heterocycles. The zero-order chi connectivity index (χ0) is 12.9. The molecular formula is C13H23N3O. The summed E-state index contributed by atoms with van der Waals surface area (Å²) in [6, 6.07) is 6.00. The van der Waals surface area contributed by atoms with Gasteiger partial charge in [-0.2, -0.15) is 0 Å². The Morgan fingerprint density at radius 3 is 2.65 bits per heavy atom. The van der Waals surface area contributed by atoms with Crippen LogP contribution >= 0.6 is 0 Å². The summed E-state index contributed by atoms with van der Waals surface area (Å²) in [6.45, 7) is 7.90. The second-order valence-corrected chi connectivity index (χ2v) is 5.17. The van der Waals surface area contributed by atoms with E-state index in [9.17, 15) is 0 Å². The predicted octanol–water partition coefficient (Wildman–Crippen LogP) is 2.37. The summed E-state index contributed by atoms with van der Waals surface area (Å²) >= 11 is 0. The first kappa shape index (κ1) is 13.8. The van der Waals surface area contributed by atoms with Gasteiger partial charge < -0.3 is 15.0 Å². The van der Waals surface area contributed by atoms with Crippen molar-refractivity contribution in [2.24, 2.45) is 0 Å². The quantitative estimate of drug-likeness (QED) is 0.853. The first-order chi connectivity index (χ1) is 7.92. The fraction of sp³-hybridized carbons (Fsp3) is 0.615. The van der Waals surface area contributed by atoms with Gasteiger partial charge in [-0.15, -0.1) is 0 Å². The van der Waals surface area contributed by atoms with Crippen molar-refractivity contribution >= 4 is 11.6 Å². The second-order valence-electron chi connectivity index (χ2n) is 5.17. The third-order valence-corrected chi connectivity index (χ3v) is 2.26. The van der Waals surface area contributed by atoms with Crippen molar-refractivity contribution in [3.05, 3.63) is 18.2 Å². The fourth-order valence-electron chi connectivity index (χ4n) is 1.43. The van der Waals surface area contributed by atoms with Crippen LogP contribution in [0.3, 0.4) is 0 Å². The lowest BCUT2D eigenvalue weighted by molar-refractivity contribution is 0.206. The molecule has 1 aromatic rings. The SMILES string of the molecule is COCCN(C)c1cccc(NC(C)(C)C)n1. The van der Waals surface area contributed by atoms with E-state index in [0.29, 0.717) is 6.61 Å². The number of ether oxygens (including phenoxy) is 1. The number of nitrogens with zero attached hydrogens (tertiary/aromatic N) is 2. The summed E-state index contributed by atoms with van der Waals surface area (Å²) in [6.07, 6.45) is 0. The molecule has 0 atom stereocenters. The number of anilines is 2. The molecule has 0 spiro atoms. The first-order valence-electron chi connectivity index (χ1n) is 5.88. The largest absolute Gasteiger partial charge is 0.383 e. The zero-order valence-electron chi connectivity index (χ0n) is 11.4. The van der Waals surface area contributed by atoms with Crippen molar-refractivity contribution in [3.63, 3.8) is 0 Å². The van der Waals surface area contributed by atoms with Crippen LogP contribution in [0.4, 0.5) is 11.6 Å². The fourth-order valence-corrected chi connectivity index (χ4v) is 1.43. The molecule has 0 fully saturated rings. The van der Waals surface area contributed by atoms with E-state index in [4.69, 9.17) is 4.74 Å². The number of pyridine rings is 1. The van der Waals surface area contributed by atoms with E-state index in [0.717, 1.165) is 18.2 Å². The molecule has 0 aliphatic heterocycles. The molecule has 1 rings (SSSR count). The van der Waals surface area contributed by atoms with Gasteiger partial charge in [0.25, 0.3) is 0 Å². The summed E-state index contributed by atoms with van der Waals surface area (Å²) in [7, 11) is 3.72. The van der Waals surface area contributed by atoms with E-state index < -0.39 is 0 Å². The highest BCUT2D eigenvalue weighted by Crippen LogP contribution is 2.16. The number of likely N-dealkylation sites (N-methyl/N-ethyl adjacent to an activating group) is 1. The van der Waals surface area contributed by atoms with E-state index in [1.807, 2.05) is 25.2 Å². The number of hydrogen-bond acceptors (Lipinski definition) is 4. The van der Waals surface area contributed by atoms with Crippen LogP contribution in [0, 0.1) is 0 Å². The van der Waals surface area contributed by atoms with Gasteiger partial charge in [0.05, 0.1) is 6.61 Å². The number of hydrogen-bond donors (Lipinski definition) is 1. The summed E-state index contributed by atoms with van der Waals surface area (Å²) < 4.78 is 5.06. The highest BCUT2D eigenvalue weighted by atomic mass is 16.5. The van der Waals surface area contributed by atoms with Gasteiger partial charge in [0.2, 0.25) is 0 Å². The van der Waals surface area contributed by atoms with E-state index in [1.54, 1.807) is 7.11 Å². The maximum atomic E-state index is 5.06. The van der Waals surface area contributed by atoms with Gasteiger partial charge in [0, 0.05) is 26.2 Å². The summed E-state index contributed by atoms with van der Waals surface area (Å²) in [4.78, 5) is 6.65. The average Bonchev–Trinajstić information content (AvgIpc) is 2.24. The van der Waals surface area contributed by atoms with E-state index >= 15 is 0 Å². The standard InChI is InChI=1S/C13H23N3O/c1-13(2,3)15-11-7-6-8-12(14-11)16(4)9-10-17-5/h6-8H,9-10H2,1-5H3,(H,14,15). The molecule has 96 valence electrons. The minimum Gasteiger partial charge on any atom is -0.383 e. The van der Waals surface area contributed by atoms with Gasteiger partial charge in [-0.3, -0.25) is 0 Å². The highest BCUT2D eigenvalue weighted by molar-refractivity contribution is 5.47. The van der Waals surface area contributed by atoms with Gasteiger partial charge in [-0.25, -0.2) is 4.98 Å². The van der Waals surface area contributed by atoms with E-state index in [-0.39, 0.29) is 5.54 Å². The molecule has 1 N–H and O–H groups in total. The van der Waals surface area contributed by atoms with Gasteiger partial charge in [0.1, 0.15) is 11.6 Å². The summed E-state index contributed by atoms with van der Waals surface area (Å²) in [5.41, 5.74) is 0.0245.